The van der Waals surface area contributed by atoms with Crippen LogP contribution < -0.4 is 0 Å². The summed E-state index contributed by atoms with van der Waals surface area (Å²) in [6.45, 7) is 10.7. The average Bonchev–Trinajstić information content (AvgIpc) is 3.21. The molecule has 29 heavy (non-hydrogen) atoms. The van der Waals surface area contributed by atoms with Gasteiger partial charge in [0.1, 0.15) is 0 Å². The monoisotopic (exact) mass is 416 g/mol. The molecule has 7 heteroatoms. The zero-order valence-electron chi connectivity index (χ0n) is 17.9. The molecule has 0 bridgehead atoms. The fourth-order valence-electron chi connectivity index (χ4n) is 4.82. The number of rotatable bonds is 4. The van der Waals surface area contributed by atoms with Crippen molar-refractivity contribution in [3.05, 3.63) is 40.7 Å². The molecular formula is C22H33ClN6. The van der Waals surface area contributed by atoms with Crippen LogP contribution in [0.4, 0.5) is 0 Å². The maximum Gasteiger partial charge on any atom is 0.173 e. The number of nitrogens with zero attached hydrogens (tertiary/aromatic N) is 6. The molecule has 1 saturated heterocycles. The predicted molar refractivity (Wildman–Crippen MR) is 116 cm³/mol. The van der Waals surface area contributed by atoms with Gasteiger partial charge in [-0.25, -0.2) is 4.68 Å². The fourth-order valence-corrected chi connectivity index (χ4v) is 4.94. The van der Waals surface area contributed by atoms with E-state index in [-0.39, 0.29) is 11.6 Å². The zero-order chi connectivity index (χ0) is 20.4. The Morgan fingerprint density at radius 3 is 2.24 bits per heavy atom. The molecule has 1 aromatic heterocycles. The van der Waals surface area contributed by atoms with Crippen molar-refractivity contribution in [3.63, 3.8) is 0 Å². The van der Waals surface area contributed by atoms with Crippen LogP contribution in [-0.2, 0) is 5.54 Å². The smallest absolute Gasteiger partial charge is 0.173 e. The Balaban J connectivity index is 1.58. The number of aromatic nitrogens is 4. The third kappa shape index (κ3) is 4.65. The van der Waals surface area contributed by atoms with E-state index in [2.05, 4.69) is 58.2 Å². The van der Waals surface area contributed by atoms with Crippen molar-refractivity contribution in [2.75, 3.05) is 26.2 Å². The summed E-state index contributed by atoms with van der Waals surface area (Å²) in [5, 5.41) is 13.6. The van der Waals surface area contributed by atoms with E-state index in [1.165, 1.54) is 37.7 Å². The molecule has 1 atom stereocenters. The van der Waals surface area contributed by atoms with Crippen LogP contribution >= 0.6 is 11.6 Å². The van der Waals surface area contributed by atoms with E-state index in [1.807, 2.05) is 16.8 Å². The van der Waals surface area contributed by atoms with Crippen LogP contribution in [0.2, 0.25) is 5.02 Å². The highest BCUT2D eigenvalue weighted by atomic mass is 35.5. The standard InChI is InChI=1S/C22H33ClN6/c1-22(2,3)29-21(24-25-26-29)20(17-9-11-18(23)12-10-17)28-15-13-27(14-16-28)19-7-5-4-6-8-19/h9-12,19-20H,4-8,13-16H2,1-3H3. The highest BCUT2D eigenvalue weighted by molar-refractivity contribution is 6.30. The minimum atomic E-state index is -0.173. The first kappa shape index (κ1) is 20.8. The first-order valence-electron chi connectivity index (χ1n) is 11.0. The van der Waals surface area contributed by atoms with Crippen LogP contribution in [0.3, 0.4) is 0 Å². The molecule has 2 heterocycles. The number of hydrogen-bond acceptors (Lipinski definition) is 5. The van der Waals surface area contributed by atoms with E-state index in [4.69, 9.17) is 11.6 Å². The lowest BCUT2D eigenvalue weighted by molar-refractivity contribution is 0.0609. The molecule has 0 N–H and O–H groups in total. The molecule has 4 rings (SSSR count). The summed E-state index contributed by atoms with van der Waals surface area (Å²) in [6.07, 6.45) is 6.91. The van der Waals surface area contributed by atoms with E-state index >= 15 is 0 Å². The molecule has 1 aliphatic heterocycles. The summed E-state index contributed by atoms with van der Waals surface area (Å²) >= 11 is 6.17. The van der Waals surface area contributed by atoms with Gasteiger partial charge >= 0.3 is 0 Å². The highest BCUT2D eigenvalue weighted by Gasteiger charge is 2.34. The van der Waals surface area contributed by atoms with Gasteiger partial charge < -0.3 is 0 Å². The van der Waals surface area contributed by atoms with Crippen molar-refractivity contribution in [2.24, 2.45) is 0 Å². The predicted octanol–water partition coefficient (Wildman–Crippen LogP) is 4.12. The van der Waals surface area contributed by atoms with Gasteiger partial charge in [0.05, 0.1) is 11.6 Å². The van der Waals surface area contributed by atoms with Gasteiger partial charge in [0.15, 0.2) is 5.82 Å². The van der Waals surface area contributed by atoms with Crippen LogP contribution in [0.5, 0.6) is 0 Å². The number of tetrazole rings is 1. The van der Waals surface area contributed by atoms with Gasteiger partial charge in [-0.05, 0) is 61.7 Å². The van der Waals surface area contributed by atoms with Crippen molar-refractivity contribution >= 4 is 11.6 Å². The molecule has 6 nitrogen and oxygen atoms in total. The number of halogens is 1. The van der Waals surface area contributed by atoms with Crippen LogP contribution in [0.25, 0.3) is 0 Å². The van der Waals surface area contributed by atoms with Crippen LogP contribution in [0.1, 0.15) is 70.3 Å². The molecule has 2 aliphatic rings. The van der Waals surface area contributed by atoms with Gasteiger partial charge in [0, 0.05) is 37.2 Å². The molecule has 0 spiro atoms. The van der Waals surface area contributed by atoms with Gasteiger partial charge in [0.25, 0.3) is 0 Å². The molecule has 1 unspecified atom stereocenters. The normalized spacial score (nSPS) is 21.4. The average molecular weight is 417 g/mol. The first-order chi connectivity index (χ1) is 13.9. The van der Waals surface area contributed by atoms with E-state index in [1.54, 1.807) is 0 Å². The van der Waals surface area contributed by atoms with E-state index in [0.29, 0.717) is 0 Å². The maximum atomic E-state index is 6.17. The Labute approximate surface area is 179 Å². The van der Waals surface area contributed by atoms with Crippen LogP contribution in [-0.4, -0.2) is 62.2 Å². The summed E-state index contributed by atoms with van der Waals surface area (Å²) in [5.74, 6) is 0.908. The SMILES string of the molecule is CC(C)(C)n1nnnc1C(c1ccc(Cl)cc1)N1CCN(C2CCCCC2)CC1. The fraction of sp³-hybridized carbons (Fsp3) is 0.682. The summed E-state index contributed by atoms with van der Waals surface area (Å²) < 4.78 is 1.97. The van der Waals surface area contributed by atoms with E-state index < -0.39 is 0 Å². The summed E-state index contributed by atoms with van der Waals surface area (Å²) in [6, 6.07) is 8.97. The van der Waals surface area contributed by atoms with Gasteiger partial charge in [-0.1, -0.05) is 43.0 Å². The lowest BCUT2D eigenvalue weighted by Gasteiger charge is -2.43. The minimum Gasteiger partial charge on any atom is -0.298 e. The van der Waals surface area contributed by atoms with Gasteiger partial charge in [-0.15, -0.1) is 5.10 Å². The molecule has 0 radical (unpaired) electrons. The Kier molecular flexibility index (Phi) is 6.23. The lowest BCUT2D eigenvalue weighted by Crippen LogP contribution is -2.52. The molecule has 1 aliphatic carbocycles. The van der Waals surface area contributed by atoms with Crippen molar-refractivity contribution in [2.45, 2.75) is 70.5 Å². The second-order valence-electron chi connectivity index (χ2n) is 9.44. The van der Waals surface area contributed by atoms with E-state index in [9.17, 15) is 0 Å². The van der Waals surface area contributed by atoms with Crippen molar-refractivity contribution in [3.8, 4) is 0 Å². The Bertz CT molecular complexity index is 782. The third-order valence-electron chi connectivity index (χ3n) is 6.36. The van der Waals surface area contributed by atoms with Crippen LogP contribution in [0.15, 0.2) is 24.3 Å². The Hall–Kier alpha value is -1.50. The van der Waals surface area contributed by atoms with Gasteiger partial charge in [-0.3, -0.25) is 9.80 Å². The highest BCUT2D eigenvalue weighted by Crippen LogP contribution is 2.32. The number of piperazine rings is 1. The topological polar surface area (TPSA) is 50.1 Å². The summed E-state index contributed by atoms with van der Waals surface area (Å²) in [4.78, 5) is 5.25. The lowest BCUT2D eigenvalue weighted by atomic mass is 9.93. The molecule has 1 saturated carbocycles. The van der Waals surface area contributed by atoms with E-state index in [0.717, 1.165) is 43.1 Å². The number of hydrogen-bond donors (Lipinski definition) is 0. The van der Waals surface area contributed by atoms with Gasteiger partial charge in [-0.2, -0.15) is 0 Å². The molecular weight excluding hydrogens is 384 g/mol. The molecule has 2 fully saturated rings. The van der Waals surface area contributed by atoms with Crippen molar-refractivity contribution in [1.29, 1.82) is 0 Å². The molecule has 2 aromatic rings. The minimum absolute atomic E-state index is 0.0370. The maximum absolute atomic E-state index is 6.17. The molecule has 158 valence electrons. The molecule has 1 aromatic carbocycles. The van der Waals surface area contributed by atoms with Crippen molar-refractivity contribution in [1.82, 2.24) is 30.0 Å². The molecule has 0 amide bonds. The number of benzene rings is 1. The van der Waals surface area contributed by atoms with Gasteiger partial charge in [0.2, 0.25) is 0 Å². The summed E-state index contributed by atoms with van der Waals surface area (Å²) in [5.41, 5.74) is 1.02. The largest absolute Gasteiger partial charge is 0.298 e. The quantitative estimate of drug-likeness (QED) is 0.750. The van der Waals surface area contributed by atoms with Crippen LogP contribution in [0, 0.1) is 0 Å². The second kappa shape index (κ2) is 8.70. The Morgan fingerprint density at radius 1 is 0.966 bits per heavy atom. The van der Waals surface area contributed by atoms with Crippen molar-refractivity contribution < 1.29 is 0 Å². The summed E-state index contributed by atoms with van der Waals surface area (Å²) in [7, 11) is 0. The third-order valence-corrected chi connectivity index (χ3v) is 6.62. The second-order valence-corrected chi connectivity index (χ2v) is 9.87. The zero-order valence-corrected chi connectivity index (χ0v) is 18.6. The Morgan fingerprint density at radius 2 is 1.62 bits per heavy atom. The first-order valence-corrected chi connectivity index (χ1v) is 11.3.